The Balaban J connectivity index is 2.25. The summed E-state index contributed by atoms with van der Waals surface area (Å²) in [5.41, 5.74) is 5.45. The van der Waals surface area contributed by atoms with E-state index in [1.165, 1.54) is 19.4 Å². The van der Waals surface area contributed by atoms with Crippen LogP contribution in [0, 0.1) is 16.7 Å². The van der Waals surface area contributed by atoms with Crippen molar-refractivity contribution in [3.8, 4) is 0 Å². The van der Waals surface area contributed by atoms with Crippen molar-refractivity contribution < 1.29 is 4.74 Å². The average molecular weight is 255 g/mol. The molecule has 1 fully saturated rings. The summed E-state index contributed by atoms with van der Waals surface area (Å²) in [5.74, 6) is 1.00. The Morgan fingerprint density at radius 3 is 2.83 bits per heavy atom. The molecule has 1 heterocycles. The van der Waals surface area contributed by atoms with E-state index in [-0.39, 0.29) is 5.41 Å². The van der Waals surface area contributed by atoms with Gasteiger partial charge in [-0.05, 0) is 44.7 Å². The van der Waals surface area contributed by atoms with Crippen LogP contribution in [0.5, 0.6) is 0 Å². The molecule has 0 amide bonds. The Bertz CT molecular complexity index is 264. The van der Waals surface area contributed by atoms with Crippen LogP contribution in [0.25, 0.3) is 0 Å². The number of methoxy groups -OCH3 is 1. The quantitative estimate of drug-likeness (QED) is 0.541. The first kappa shape index (κ1) is 15.4. The average Bonchev–Trinajstić information content (AvgIpc) is 2.29. The predicted octanol–water partition coefficient (Wildman–Crippen LogP) is 2.09. The molecule has 0 bridgehead atoms. The first-order valence-electron chi connectivity index (χ1n) is 7.01. The highest BCUT2D eigenvalue weighted by Gasteiger charge is 2.23. The largest absolute Gasteiger partial charge is 0.387 e. The second-order valence-corrected chi connectivity index (χ2v) is 6.17. The molecule has 1 saturated heterocycles. The van der Waals surface area contributed by atoms with Crippen molar-refractivity contribution in [1.82, 2.24) is 4.90 Å². The molecule has 3 N–H and O–H groups in total. The van der Waals surface area contributed by atoms with Gasteiger partial charge in [-0.25, -0.2) is 0 Å². The third-order valence-electron chi connectivity index (χ3n) is 4.01. The summed E-state index contributed by atoms with van der Waals surface area (Å²) in [7, 11) is 1.79. The number of hydrogen-bond acceptors (Lipinski definition) is 3. The third kappa shape index (κ3) is 4.94. The molecule has 0 saturated carbocycles. The van der Waals surface area contributed by atoms with E-state index >= 15 is 0 Å². The van der Waals surface area contributed by atoms with Crippen molar-refractivity contribution in [3.05, 3.63) is 0 Å². The van der Waals surface area contributed by atoms with Gasteiger partial charge in [0.15, 0.2) is 0 Å². The van der Waals surface area contributed by atoms with Gasteiger partial charge < -0.3 is 15.4 Å². The maximum Gasteiger partial charge on any atom is 0.0963 e. The Morgan fingerprint density at radius 1 is 1.50 bits per heavy atom. The monoisotopic (exact) mass is 255 g/mol. The lowest BCUT2D eigenvalue weighted by Crippen LogP contribution is -2.38. The van der Waals surface area contributed by atoms with Crippen LogP contribution in [0.3, 0.4) is 0 Å². The molecule has 0 aliphatic carbocycles. The highest BCUT2D eigenvalue weighted by molar-refractivity contribution is 5.82. The molecule has 0 aromatic rings. The van der Waals surface area contributed by atoms with Crippen LogP contribution in [-0.2, 0) is 4.74 Å². The van der Waals surface area contributed by atoms with Crippen LogP contribution in [0.1, 0.15) is 39.5 Å². The van der Waals surface area contributed by atoms with E-state index in [0.717, 1.165) is 32.5 Å². The molecule has 1 rings (SSSR count). The van der Waals surface area contributed by atoms with E-state index in [4.69, 9.17) is 15.9 Å². The second kappa shape index (κ2) is 7.10. The van der Waals surface area contributed by atoms with Gasteiger partial charge in [0, 0.05) is 19.1 Å². The van der Waals surface area contributed by atoms with Crippen LogP contribution < -0.4 is 5.73 Å². The molecular formula is C14H29N3O. The molecule has 4 heteroatoms. The van der Waals surface area contributed by atoms with E-state index in [1.807, 2.05) is 0 Å². The molecule has 0 spiro atoms. The van der Waals surface area contributed by atoms with Gasteiger partial charge in [0.2, 0.25) is 0 Å². The van der Waals surface area contributed by atoms with Crippen molar-refractivity contribution in [2.75, 3.05) is 33.4 Å². The summed E-state index contributed by atoms with van der Waals surface area (Å²) in [6.45, 7) is 8.49. The van der Waals surface area contributed by atoms with Gasteiger partial charge in [-0.1, -0.05) is 13.8 Å². The van der Waals surface area contributed by atoms with Crippen molar-refractivity contribution in [2.45, 2.75) is 39.5 Å². The Kier molecular flexibility index (Phi) is 6.09. The fourth-order valence-electron chi connectivity index (χ4n) is 2.61. The van der Waals surface area contributed by atoms with E-state index < -0.39 is 0 Å². The smallest absolute Gasteiger partial charge is 0.0963 e. The van der Waals surface area contributed by atoms with E-state index in [1.54, 1.807) is 7.11 Å². The number of nitrogens with zero attached hydrogens (tertiary/aromatic N) is 1. The summed E-state index contributed by atoms with van der Waals surface area (Å²) in [5, 5.41) is 7.55. The Morgan fingerprint density at radius 2 is 2.22 bits per heavy atom. The number of amidine groups is 1. The minimum atomic E-state index is -0.151. The van der Waals surface area contributed by atoms with E-state index in [0.29, 0.717) is 11.8 Å². The predicted molar refractivity (Wildman–Crippen MR) is 76.0 cm³/mol. The number of rotatable bonds is 7. The Labute approximate surface area is 111 Å². The normalized spacial score (nSPS) is 22.1. The topological polar surface area (TPSA) is 62.3 Å². The molecular weight excluding hydrogens is 226 g/mol. The lowest BCUT2D eigenvalue weighted by Gasteiger charge is -2.33. The van der Waals surface area contributed by atoms with Crippen LogP contribution in [0.15, 0.2) is 0 Å². The molecule has 4 nitrogen and oxygen atoms in total. The minimum absolute atomic E-state index is 0.151. The molecule has 1 atom stereocenters. The van der Waals surface area contributed by atoms with Crippen molar-refractivity contribution in [3.63, 3.8) is 0 Å². The van der Waals surface area contributed by atoms with Crippen molar-refractivity contribution in [1.29, 1.82) is 5.41 Å². The summed E-state index contributed by atoms with van der Waals surface area (Å²) < 4.78 is 5.25. The molecule has 1 aliphatic rings. The number of nitrogens with two attached hydrogens (primary N) is 1. The minimum Gasteiger partial charge on any atom is -0.387 e. The molecule has 0 aromatic heterocycles. The summed E-state index contributed by atoms with van der Waals surface area (Å²) >= 11 is 0. The molecule has 0 aromatic carbocycles. The van der Waals surface area contributed by atoms with Crippen LogP contribution >= 0.6 is 0 Å². The fourth-order valence-corrected chi connectivity index (χ4v) is 2.61. The molecule has 1 aliphatic heterocycles. The molecule has 0 radical (unpaired) electrons. The van der Waals surface area contributed by atoms with Gasteiger partial charge >= 0.3 is 0 Å². The lowest BCUT2D eigenvalue weighted by molar-refractivity contribution is 0.0890. The van der Waals surface area contributed by atoms with Crippen molar-refractivity contribution in [2.24, 2.45) is 17.1 Å². The van der Waals surface area contributed by atoms with Gasteiger partial charge in [-0.2, -0.15) is 0 Å². The van der Waals surface area contributed by atoms with Crippen molar-refractivity contribution >= 4 is 5.84 Å². The second-order valence-electron chi connectivity index (χ2n) is 6.17. The molecule has 18 heavy (non-hydrogen) atoms. The van der Waals surface area contributed by atoms with Crippen LogP contribution in [0.2, 0.25) is 0 Å². The zero-order valence-corrected chi connectivity index (χ0v) is 12.2. The highest BCUT2D eigenvalue weighted by atomic mass is 16.5. The van der Waals surface area contributed by atoms with Gasteiger partial charge in [-0.3, -0.25) is 5.41 Å². The standard InChI is InChI=1S/C14H29N3O/c1-14(2,13(15)16)7-5-9-17-8-4-6-12(10-17)11-18-3/h12H,4-11H2,1-3H3,(H3,15,16). The lowest BCUT2D eigenvalue weighted by atomic mass is 9.86. The van der Waals surface area contributed by atoms with Gasteiger partial charge in [0.25, 0.3) is 0 Å². The maximum atomic E-state index is 7.55. The van der Waals surface area contributed by atoms with Gasteiger partial charge in [0.05, 0.1) is 12.4 Å². The number of piperidine rings is 1. The van der Waals surface area contributed by atoms with Crippen LogP contribution in [0.4, 0.5) is 0 Å². The SMILES string of the molecule is COCC1CCCN(CCCC(C)(C)C(=N)N)C1. The summed E-state index contributed by atoms with van der Waals surface area (Å²) in [6.07, 6.45) is 4.69. The highest BCUT2D eigenvalue weighted by Crippen LogP contribution is 2.23. The number of likely N-dealkylation sites (tertiary alicyclic amines) is 1. The molecule has 1 unspecified atom stereocenters. The Hall–Kier alpha value is -0.610. The zero-order chi connectivity index (χ0) is 13.6. The zero-order valence-electron chi connectivity index (χ0n) is 12.2. The molecule has 106 valence electrons. The summed E-state index contributed by atoms with van der Waals surface area (Å²) in [6, 6.07) is 0. The number of ether oxygens (including phenoxy) is 1. The summed E-state index contributed by atoms with van der Waals surface area (Å²) in [4.78, 5) is 2.53. The van der Waals surface area contributed by atoms with E-state index in [2.05, 4.69) is 18.7 Å². The van der Waals surface area contributed by atoms with E-state index in [9.17, 15) is 0 Å². The van der Waals surface area contributed by atoms with Crippen LogP contribution in [-0.4, -0.2) is 44.1 Å². The first-order chi connectivity index (χ1) is 8.45. The maximum absolute atomic E-state index is 7.55. The third-order valence-corrected chi connectivity index (χ3v) is 4.01. The fraction of sp³-hybridized carbons (Fsp3) is 0.929. The number of hydrogen-bond donors (Lipinski definition) is 2. The van der Waals surface area contributed by atoms with Gasteiger partial charge in [0.1, 0.15) is 0 Å². The first-order valence-corrected chi connectivity index (χ1v) is 7.01. The van der Waals surface area contributed by atoms with Gasteiger partial charge in [-0.15, -0.1) is 0 Å². The number of nitrogens with one attached hydrogen (secondary N) is 1.